The van der Waals surface area contributed by atoms with Crippen LogP contribution in [0.4, 0.5) is 14.5 Å². The molecule has 0 bridgehead atoms. The second kappa shape index (κ2) is 4.52. The lowest BCUT2D eigenvalue weighted by Gasteiger charge is -2.08. The van der Waals surface area contributed by atoms with E-state index < -0.39 is 11.6 Å². The number of nitrogens with zero attached hydrogens (tertiary/aromatic N) is 1. The van der Waals surface area contributed by atoms with Gasteiger partial charge in [-0.05, 0) is 12.1 Å². The van der Waals surface area contributed by atoms with E-state index in [0.29, 0.717) is 0 Å². The van der Waals surface area contributed by atoms with Crippen LogP contribution in [0.15, 0.2) is 23.2 Å². The number of benzene rings is 1. The standard InChI is InChI=1S/C8H10F2N4/c1-12-8(14-11)13-7-3-2-5(9)4-6(7)10/h2-4H,11H2,1H3,(H2,12,13,14). The van der Waals surface area contributed by atoms with Gasteiger partial charge in [0, 0.05) is 13.1 Å². The van der Waals surface area contributed by atoms with Gasteiger partial charge in [-0.15, -0.1) is 0 Å². The van der Waals surface area contributed by atoms with Crippen LogP contribution in [0, 0.1) is 11.6 Å². The molecule has 0 aliphatic heterocycles. The van der Waals surface area contributed by atoms with E-state index in [2.05, 4.69) is 15.7 Å². The van der Waals surface area contributed by atoms with Crippen molar-refractivity contribution < 1.29 is 8.78 Å². The van der Waals surface area contributed by atoms with Crippen LogP contribution in [0.25, 0.3) is 0 Å². The summed E-state index contributed by atoms with van der Waals surface area (Å²) in [5.41, 5.74) is 2.32. The van der Waals surface area contributed by atoms with Crippen LogP contribution in [0.3, 0.4) is 0 Å². The van der Waals surface area contributed by atoms with Crippen molar-refractivity contribution in [3.63, 3.8) is 0 Å². The van der Waals surface area contributed by atoms with Gasteiger partial charge in [0.05, 0.1) is 5.69 Å². The lowest BCUT2D eigenvalue weighted by Crippen LogP contribution is -2.36. The molecule has 0 heterocycles. The third kappa shape index (κ3) is 2.40. The highest BCUT2D eigenvalue weighted by Crippen LogP contribution is 2.14. The molecule has 0 aliphatic carbocycles. The largest absolute Gasteiger partial charge is 0.323 e. The van der Waals surface area contributed by atoms with Gasteiger partial charge in [0.25, 0.3) is 0 Å². The number of nitrogens with two attached hydrogens (primary N) is 1. The Bertz CT molecular complexity index is 351. The van der Waals surface area contributed by atoms with Gasteiger partial charge in [0.2, 0.25) is 5.96 Å². The van der Waals surface area contributed by atoms with E-state index >= 15 is 0 Å². The molecule has 0 spiro atoms. The fourth-order valence-corrected chi connectivity index (χ4v) is 0.875. The van der Waals surface area contributed by atoms with Crippen LogP contribution < -0.4 is 16.6 Å². The number of guanidine groups is 1. The molecule has 0 aromatic heterocycles. The highest BCUT2D eigenvalue weighted by Gasteiger charge is 2.04. The summed E-state index contributed by atoms with van der Waals surface area (Å²) < 4.78 is 25.6. The Kier molecular flexibility index (Phi) is 3.35. The van der Waals surface area contributed by atoms with Crippen LogP contribution in [-0.2, 0) is 0 Å². The zero-order valence-corrected chi connectivity index (χ0v) is 7.51. The maximum absolute atomic E-state index is 13.1. The molecule has 76 valence electrons. The van der Waals surface area contributed by atoms with E-state index in [1.807, 2.05) is 0 Å². The van der Waals surface area contributed by atoms with E-state index in [9.17, 15) is 8.78 Å². The molecule has 0 radical (unpaired) electrons. The highest BCUT2D eigenvalue weighted by atomic mass is 19.1. The second-order valence-corrected chi connectivity index (χ2v) is 2.47. The quantitative estimate of drug-likeness (QED) is 0.272. The molecule has 4 nitrogen and oxygen atoms in total. The summed E-state index contributed by atoms with van der Waals surface area (Å²) >= 11 is 0. The Morgan fingerprint density at radius 1 is 1.43 bits per heavy atom. The van der Waals surface area contributed by atoms with Crippen LogP contribution >= 0.6 is 0 Å². The Morgan fingerprint density at radius 2 is 2.14 bits per heavy atom. The summed E-state index contributed by atoms with van der Waals surface area (Å²) in [5.74, 6) is 3.92. The van der Waals surface area contributed by atoms with Gasteiger partial charge in [-0.25, -0.2) is 14.6 Å². The van der Waals surface area contributed by atoms with Crippen LogP contribution in [0.2, 0.25) is 0 Å². The van der Waals surface area contributed by atoms with Crippen molar-refractivity contribution in [2.45, 2.75) is 0 Å². The second-order valence-electron chi connectivity index (χ2n) is 2.47. The molecule has 0 saturated carbocycles. The molecule has 0 saturated heterocycles. The predicted molar refractivity (Wildman–Crippen MR) is 50.7 cm³/mol. The molecule has 0 fully saturated rings. The lowest BCUT2D eigenvalue weighted by atomic mass is 10.3. The van der Waals surface area contributed by atoms with E-state index in [1.165, 1.54) is 13.1 Å². The average molecular weight is 200 g/mol. The monoisotopic (exact) mass is 200 g/mol. The molecule has 0 aliphatic rings. The fraction of sp³-hybridized carbons (Fsp3) is 0.125. The van der Waals surface area contributed by atoms with E-state index in [4.69, 9.17) is 5.84 Å². The first-order valence-electron chi connectivity index (χ1n) is 3.83. The summed E-state index contributed by atoms with van der Waals surface area (Å²) in [5, 5.41) is 2.55. The first-order chi connectivity index (χ1) is 6.67. The fourth-order valence-electron chi connectivity index (χ4n) is 0.875. The molecule has 6 heteroatoms. The van der Waals surface area contributed by atoms with Crippen molar-refractivity contribution in [3.05, 3.63) is 29.8 Å². The SMILES string of the molecule is CN=C(NN)Nc1ccc(F)cc1F. The minimum absolute atomic E-state index is 0.102. The van der Waals surface area contributed by atoms with Gasteiger partial charge in [0.1, 0.15) is 11.6 Å². The summed E-state index contributed by atoms with van der Waals surface area (Å²) in [4.78, 5) is 3.67. The Balaban J connectivity index is 2.87. The van der Waals surface area contributed by atoms with Crippen molar-refractivity contribution in [2.24, 2.45) is 10.8 Å². The number of hydrogen-bond acceptors (Lipinski definition) is 2. The number of hydrazine groups is 1. The first-order valence-corrected chi connectivity index (χ1v) is 3.83. The van der Waals surface area contributed by atoms with Crippen molar-refractivity contribution >= 4 is 11.6 Å². The molecule has 0 amide bonds. The molecular weight excluding hydrogens is 190 g/mol. The smallest absolute Gasteiger partial charge is 0.210 e. The van der Waals surface area contributed by atoms with E-state index in [0.717, 1.165) is 12.1 Å². The van der Waals surface area contributed by atoms with E-state index in [-0.39, 0.29) is 11.6 Å². The summed E-state index contributed by atoms with van der Waals surface area (Å²) in [6, 6.07) is 3.16. The number of aliphatic imine (C=N–C) groups is 1. The van der Waals surface area contributed by atoms with Gasteiger partial charge in [-0.1, -0.05) is 0 Å². The summed E-state index contributed by atoms with van der Waals surface area (Å²) in [6.07, 6.45) is 0. The molecular formula is C8H10F2N4. The maximum atomic E-state index is 13.1. The van der Waals surface area contributed by atoms with E-state index in [1.54, 1.807) is 0 Å². The molecule has 0 atom stereocenters. The topological polar surface area (TPSA) is 62.4 Å². The number of nitrogens with one attached hydrogen (secondary N) is 2. The lowest BCUT2D eigenvalue weighted by molar-refractivity contribution is 0.586. The number of rotatable bonds is 1. The Labute approximate surface area is 79.8 Å². The van der Waals surface area contributed by atoms with Crippen LogP contribution in [0.1, 0.15) is 0 Å². The molecule has 1 aromatic rings. The van der Waals surface area contributed by atoms with Gasteiger partial charge in [-0.3, -0.25) is 10.4 Å². The van der Waals surface area contributed by atoms with Crippen molar-refractivity contribution in [1.82, 2.24) is 5.43 Å². The summed E-state index contributed by atoms with van der Waals surface area (Å²) in [6.45, 7) is 0. The normalized spacial score (nSPS) is 11.3. The Hall–Kier alpha value is -1.69. The third-order valence-corrected chi connectivity index (χ3v) is 1.54. The number of halogens is 2. The third-order valence-electron chi connectivity index (χ3n) is 1.54. The predicted octanol–water partition coefficient (Wildman–Crippen LogP) is 0.826. The van der Waals surface area contributed by atoms with Gasteiger partial charge >= 0.3 is 0 Å². The molecule has 0 unspecified atom stereocenters. The average Bonchev–Trinajstić information content (AvgIpc) is 2.17. The van der Waals surface area contributed by atoms with Gasteiger partial charge in [0.15, 0.2) is 0 Å². The minimum Gasteiger partial charge on any atom is -0.323 e. The number of hydrogen-bond donors (Lipinski definition) is 3. The zero-order valence-electron chi connectivity index (χ0n) is 7.51. The van der Waals surface area contributed by atoms with Gasteiger partial charge in [-0.2, -0.15) is 0 Å². The van der Waals surface area contributed by atoms with Crippen LogP contribution in [0.5, 0.6) is 0 Å². The Morgan fingerprint density at radius 3 is 2.64 bits per heavy atom. The van der Waals surface area contributed by atoms with Crippen molar-refractivity contribution in [3.8, 4) is 0 Å². The highest BCUT2D eigenvalue weighted by molar-refractivity contribution is 5.93. The number of anilines is 1. The van der Waals surface area contributed by atoms with Gasteiger partial charge < -0.3 is 5.32 Å². The molecule has 14 heavy (non-hydrogen) atoms. The van der Waals surface area contributed by atoms with Crippen molar-refractivity contribution in [1.29, 1.82) is 0 Å². The first kappa shape index (κ1) is 10.4. The summed E-state index contributed by atoms with van der Waals surface area (Å²) in [7, 11) is 1.48. The molecule has 1 aromatic carbocycles. The molecule has 4 N–H and O–H groups in total. The maximum Gasteiger partial charge on any atom is 0.210 e. The molecule has 1 rings (SSSR count). The van der Waals surface area contributed by atoms with Crippen molar-refractivity contribution in [2.75, 3.05) is 12.4 Å². The minimum atomic E-state index is -0.707. The zero-order chi connectivity index (χ0) is 10.6. The van der Waals surface area contributed by atoms with Crippen LogP contribution in [-0.4, -0.2) is 13.0 Å².